The van der Waals surface area contributed by atoms with Gasteiger partial charge in [-0.15, -0.1) is 0 Å². The Hall–Kier alpha value is -1.62. The van der Waals surface area contributed by atoms with Crippen molar-refractivity contribution >= 4 is 12.2 Å². The number of rotatable bonds is 3. The van der Waals surface area contributed by atoms with Gasteiger partial charge in [0, 0.05) is 13.1 Å². The number of nitrogens with zero attached hydrogens (tertiary/aromatic N) is 1. The van der Waals surface area contributed by atoms with E-state index in [-0.39, 0.29) is 11.9 Å². The maximum atomic E-state index is 11.4. The van der Waals surface area contributed by atoms with E-state index in [1.54, 1.807) is 12.1 Å². The van der Waals surface area contributed by atoms with Crippen molar-refractivity contribution in [2.24, 2.45) is 0 Å². The number of aldehydes is 1. The maximum Gasteiger partial charge on any atom is 0.237 e. The zero-order valence-corrected chi connectivity index (χ0v) is 9.10. The van der Waals surface area contributed by atoms with Crippen LogP contribution < -0.4 is 5.32 Å². The fourth-order valence-electron chi connectivity index (χ4n) is 1.79. The summed E-state index contributed by atoms with van der Waals surface area (Å²) in [6, 6.07) is 3.25. The second-order valence-corrected chi connectivity index (χ2v) is 3.86. The molecule has 1 aliphatic heterocycles. The number of hydrogen-bond acceptors (Lipinski definition) is 4. The largest absolute Gasteiger partial charge is 0.457 e. The third-order valence-corrected chi connectivity index (χ3v) is 2.78. The van der Waals surface area contributed by atoms with Gasteiger partial charge in [-0.25, -0.2) is 0 Å². The Balaban J connectivity index is 2.03. The first-order valence-corrected chi connectivity index (χ1v) is 5.26. The standard InChI is InChI=1S/C11H14N2O3/c1-8-11(15)12-4-5-13(8)6-9-2-3-10(7-14)16-9/h2-3,7-8H,4-6H2,1H3,(H,12,15). The molecule has 0 aromatic carbocycles. The van der Waals surface area contributed by atoms with E-state index >= 15 is 0 Å². The van der Waals surface area contributed by atoms with E-state index in [9.17, 15) is 9.59 Å². The van der Waals surface area contributed by atoms with Gasteiger partial charge < -0.3 is 9.73 Å². The van der Waals surface area contributed by atoms with Crippen LogP contribution in [0.4, 0.5) is 0 Å². The molecule has 1 aromatic rings. The first kappa shape index (κ1) is 10.9. The minimum absolute atomic E-state index is 0.0356. The molecule has 1 aliphatic rings. The van der Waals surface area contributed by atoms with Crippen molar-refractivity contribution in [3.63, 3.8) is 0 Å². The summed E-state index contributed by atoms with van der Waals surface area (Å²) in [7, 11) is 0. The van der Waals surface area contributed by atoms with Gasteiger partial charge in [-0.3, -0.25) is 14.5 Å². The van der Waals surface area contributed by atoms with Gasteiger partial charge in [-0.05, 0) is 19.1 Å². The molecule has 1 unspecified atom stereocenters. The predicted octanol–water partition coefficient (Wildman–Crippen LogP) is 0.412. The van der Waals surface area contributed by atoms with Gasteiger partial charge in [0.15, 0.2) is 12.0 Å². The minimum Gasteiger partial charge on any atom is -0.457 e. The molecule has 1 fully saturated rings. The van der Waals surface area contributed by atoms with Crippen molar-refractivity contribution in [3.05, 3.63) is 23.7 Å². The summed E-state index contributed by atoms with van der Waals surface area (Å²) in [5, 5.41) is 2.80. The Morgan fingerprint density at radius 1 is 1.62 bits per heavy atom. The molecule has 0 radical (unpaired) electrons. The highest BCUT2D eigenvalue weighted by Crippen LogP contribution is 2.12. The molecular weight excluding hydrogens is 208 g/mol. The molecule has 1 N–H and O–H groups in total. The Morgan fingerprint density at radius 3 is 3.12 bits per heavy atom. The van der Waals surface area contributed by atoms with Crippen molar-refractivity contribution in [1.29, 1.82) is 0 Å². The highest BCUT2D eigenvalue weighted by atomic mass is 16.3. The summed E-state index contributed by atoms with van der Waals surface area (Å²) in [4.78, 5) is 23.9. The summed E-state index contributed by atoms with van der Waals surface area (Å²) in [5.41, 5.74) is 0. The summed E-state index contributed by atoms with van der Waals surface area (Å²) in [6.45, 7) is 3.87. The van der Waals surface area contributed by atoms with Gasteiger partial charge in [0.25, 0.3) is 0 Å². The number of nitrogens with one attached hydrogen (secondary N) is 1. The van der Waals surface area contributed by atoms with E-state index < -0.39 is 0 Å². The van der Waals surface area contributed by atoms with E-state index in [0.29, 0.717) is 30.9 Å². The molecule has 86 valence electrons. The smallest absolute Gasteiger partial charge is 0.237 e. The lowest BCUT2D eigenvalue weighted by Gasteiger charge is -2.31. The van der Waals surface area contributed by atoms with Gasteiger partial charge in [0.2, 0.25) is 5.91 Å². The molecule has 5 nitrogen and oxygen atoms in total. The van der Waals surface area contributed by atoms with E-state index in [0.717, 1.165) is 6.54 Å². The lowest BCUT2D eigenvalue weighted by Crippen LogP contribution is -2.53. The minimum atomic E-state index is -0.154. The SMILES string of the molecule is CC1C(=O)NCCN1Cc1ccc(C=O)o1. The molecule has 1 amide bonds. The zero-order valence-electron chi connectivity index (χ0n) is 9.10. The van der Waals surface area contributed by atoms with Crippen molar-refractivity contribution in [2.45, 2.75) is 19.5 Å². The molecule has 0 bridgehead atoms. The summed E-state index contributed by atoms with van der Waals surface area (Å²) < 4.78 is 5.28. The molecule has 1 aromatic heterocycles. The number of carbonyl (C=O) groups is 2. The normalized spacial score (nSPS) is 21.8. The molecule has 1 saturated heterocycles. The van der Waals surface area contributed by atoms with E-state index in [1.165, 1.54) is 0 Å². The van der Waals surface area contributed by atoms with Crippen molar-refractivity contribution in [3.8, 4) is 0 Å². The number of amides is 1. The molecule has 1 atom stereocenters. The first-order chi connectivity index (χ1) is 7.70. The number of carbonyl (C=O) groups excluding carboxylic acids is 2. The second-order valence-electron chi connectivity index (χ2n) is 3.86. The Labute approximate surface area is 93.4 Å². The van der Waals surface area contributed by atoms with Crippen LogP contribution >= 0.6 is 0 Å². The molecule has 0 spiro atoms. The monoisotopic (exact) mass is 222 g/mol. The highest BCUT2D eigenvalue weighted by molar-refractivity contribution is 5.81. The molecule has 5 heteroatoms. The number of hydrogen-bond donors (Lipinski definition) is 1. The number of piperazine rings is 1. The lowest BCUT2D eigenvalue weighted by molar-refractivity contribution is -0.128. The van der Waals surface area contributed by atoms with E-state index in [1.807, 2.05) is 11.8 Å². The predicted molar refractivity (Wildman–Crippen MR) is 57.0 cm³/mol. The summed E-state index contributed by atoms with van der Waals surface area (Å²) in [5.74, 6) is 1.07. The second kappa shape index (κ2) is 4.49. The van der Waals surface area contributed by atoms with Crippen LogP contribution in [0.25, 0.3) is 0 Å². The zero-order chi connectivity index (χ0) is 11.5. The van der Waals surface area contributed by atoms with Gasteiger partial charge in [0.1, 0.15) is 5.76 Å². The Morgan fingerprint density at radius 2 is 2.44 bits per heavy atom. The fourth-order valence-corrected chi connectivity index (χ4v) is 1.79. The van der Waals surface area contributed by atoms with Gasteiger partial charge in [-0.2, -0.15) is 0 Å². The molecule has 0 aliphatic carbocycles. The topological polar surface area (TPSA) is 62.6 Å². The molecular formula is C11H14N2O3. The van der Waals surface area contributed by atoms with Crippen molar-refractivity contribution in [1.82, 2.24) is 10.2 Å². The highest BCUT2D eigenvalue weighted by Gasteiger charge is 2.25. The summed E-state index contributed by atoms with van der Waals surface area (Å²) in [6.07, 6.45) is 0.676. The maximum absolute atomic E-state index is 11.4. The van der Waals surface area contributed by atoms with Crippen LogP contribution in [0, 0.1) is 0 Å². The molecule has 2 heterocycles. The van der Waals surface area contributed by atoms with Crippen LogP contribution in [0.1, 0.15) is 23.2 Å². The average molecular weight is 222 g/mol. The van der Waals surface area contributed by atoms with Crippen LogP contribution in [0.15, 0.2) is 16.5 Å². The van der Waals surface area contributed by atoms with Crippen LogP contribution in [-0.4, -0.2) is 36.2 Å². The van der Waals surface area contributed by atoms with Crippen molar-refractivity contribution < 1.29 is 14.0 Å². The van der Waals surface area contributed by atoms with Crippen LogP contribution in [0.3, 0.4) is 0 Å². The van der Waals surface area contributed by atoms with Gasteiger partial charge in [0.05, 0.1) is 12.6 Å². The Kier molecular flexibility index (Phi) is 3.05. The third kappa shape index (κ3) is 2.14. The van der Waals surface area contributed by atoms with Gasteiger partial charge >= 0.3 is 0 Å². The van der Waals surface area contributed by atoms with Crippen LogP contribution in [0.5, 0.6) is 0 Å². The van der Waals surface area contributed by atoms with Crippen LogP contribution in [-0.2, 0) is 11.3 Å². The Bertz CT molecular complexity index is 400. The van der Waals surface area contributed by atoms with E-state index in [4.69, 9.17) is 4.42 Å². The molecule has 16 heavy (non-hydrogen) atoms. The lowest BCUT2D eigenvalue weighted by atomic mass is 10.2. The third-order valence-electron chi connectivity index (χ3n) is 2.78. The first-order valence-electron chi connectivity index (χ1n) is 5.26. The van der Waals surface area contributed by atoms with Gasteiger partial charge in [-0.1, -0.05) is 0 Å². The fraction of sp³-hybridized carbons (Fsp3) is 0.455. The number of furan rings is 1. The van der Waals surface area contributed by atoms with Crippen molar-refractivity contribution in [2.75, 3.05) is 13.1 Å². The molecule has 0 saturated carbocycles. The average Bonchev–Trinajstić information content (AvgIpc) is 2.73. The van der Waals surface area contributed by atoms with Crippen LogP contribution in [0.2, 0.25) is 0 Å². The molecule has 2 rings (SSSR count). The quantitative estimate of drug-likeness (QED) is 0.752. The summed E-state index contributed by atoms with van der Waals surface area (Å²) >= 11 is 0. The van der Waals surface area contributed by atoms with E-state index in [2.05, 4.69) is 5.32 Å².